The standard InChI is InChI=1S/C14H13N3O/c1-18-10-4-5-11(12(15)8-10)13-7-9-3-2-6-16-14(9)17-13/h2-8H,15H2,1H3,(H,16,17). The highest BCUT2D eigenvalue weighted by Gasteiger charge is 2.07. The van der Waals surface area contributed by atoms with Gasteiger partial charge in [0.2, 0.25) is 0 Å². The summed E-state index contributed by atoms with van der Waals surface area (Å²) in [6.45, 7) is 0. The Morgan fingerprint density at radius 2 is 2.11 bits per heavy atom. The molecule has 0 saturated heterocycles. The Morgan fingerprint density at radius 1 is 1.22 bits per heavy atom. The van der Waals surface area contributed by atoms with E-state index in [9.17, 15) is 0 Å². The van der Waals surface area contributed by atoms with Crippen LogP contribution in [-0.2, 0) is 0 Å². The summed E-state index contributed by atoms with van der Waals surface area (Å²) in [6.07, 6.45) is 1.76. The number of nitrogens with one attached hydrogen (secondary N) is 1. The summed E-state index contributed by atoms with van der Waals surface area (Å²) < 4.78 is 5.14. The van der Waals surface area contributed by atoms with E-state index in [1.165, 1.54) is 0 Å². The topological polar surface area (TPSA) is 63.9 Å². The third-order valence-corrected chi connectivity index (χ3v) is 2.94. The molecule has 3 N–H and O–H groups in total. The molecule has 18 heavy (non-hydrogen) atoms. The van der Waals surface area contributed by atoms with Gasteiger partial charge in [-0.15, -0.1) is 0 Å². The van der Waals surface area contributed by atoms with Crippen LogP contribution in [0.25, 0.3) is 22.3 Å². The Balaban J connectivity index is 2.14. The van der Waals surface area contributed by atoms with Gasteiger partial charge in [-0.3, -0.25) is 0 Å². The van der Waals surface area contributed by atoms with Gasteiger partial charge in [0.15, 0.2) is 0 Å². The third kappa shape index (κ3) is 1.68. The largest absolute Gasteiger partial charge is 0.497 e. The molecule has 3 aromatic rings. The van der Waals surface area contributed by atoms with Crippen molar-refractivity contribution in [3.05, 3.63) is 42.6 Å². The van der Waals surface area contributed by atoms with Crippen molar-refractivity contribution in [3.8, 4) is 17.0 Å². The molecule has 0 amide bonds. The van der Waals surface area contributed by atoms with Crippen molar-refractivity contribution in [2.75, 3.05) is 12.8 Å². The summed E-state index contributed by atoms with van der Waals surface area (Å²) in [5, 5.41) is 1.07. The number of hydrogen-bond donors (Lipinski definition) is 2. The van der Waals surface area contributed by atoms with E-state index in [2.05, 4.69) is 9.97 Å². The van der Waals surface area contributed by atoms with Crippen LogP contribution in [0.4, 0.5) is 5.69 Å². The number of ether oxygens (including phenoxy) is 1. The Kier molecular flexibility index (Phi) is 2.41. The third-order valence-electron chi connectivity index (χ3n) is 2.94. The minimum atomic E-state index is 0.681. The molecule has 0 unspecified atom stereocenters. The predicted octanol–water partition coefficient (Wildman–Crippen LogP) is 2.82. The van der Waals surface area contributed by atoms with Gasteiger partial charge >= 0.3 is 0 Å². The maximum Gasteiger partial charge on any atom is 0.137 e. The fourth-order valence-electron chi connectivity index (χ4n) is 2.02. The average Bonchev–Trinajstić information content (AvgIpc) is 2.81. The van der Waals surface area contributed by atoms with Crippen LogP contribution in [0.2, 0.25) is 0 Å². The van der Waals surface area contributed by atoms with Gasteiger partial charge in [-0.2, -0.15) is 0 Å². The van der Waals surface area contributed by atoms with Crippen LogP contribution in [0, 0.1) is 0 Å². The maximum atomic E-state index is 6.03. The first-order chi connectivity index (χ1) is 8.78. The van der Waals surface area contributed by atoms with Crippen LogP contribution in [0.5, 0.6) is 5.75 Å². The van der Waals surface area contributed by atoms with E-state index in [4.69, 9.17) is 10.5 Å². The molecule has 3 rings (SSSR count). The second-order valence-electron chi connectivity index (χ2n) is 4.08. The maximum absolute atomic E-state index is 6.03. The Bertz CT molecular complexity index is 670. The molecule has 0 saturated carbocycles. The number of nitrogen functional groups attached to an aromatic ring is 1. The van der Waals surface area contributed by atoms with Gasteiger partial charge in [0.25, 0.3) is 0 Å². The normalized spacial score (nSPS) is 10.7. The summed E-state index contributed by atoms with van der Waals surface area (Å²) in [7, 11) is 1.63. The highest BCUT2D eigenvalue weighted by atomic mass is 16.5. The van der Waals surface area contributed by atoms with Crippen molar-refractivity contribution in [2.45, 2.75) is 0 Å². The lowest BCUT2D eigenvalue weighted by Crippen LogP contribution is -1.92. The van der Waals surface area contributed by atoms with Crippen LogP contribution in [0.1, 0.15) is 0 Å². The first-order valence-electron chi connectivity index (χ1n) is 5.65. The summed E-state index contributed by atoms with van der Waals surface area (Å²) in [4.78, 5) is 7.53. The number of nitrogens with zero attached hydrogens (tertiary/aromatic N) is 1. The van der Waals surface area contributed by atoms with E-state index in [-0.39, 0.29) is 0 Å². The molecule has 0 aliphatic heterocycles. The zero-order valence-corrected chi connectivity index (χ0v) is 9.97. The van der Waals surface area contributed by atoms with Crippen molar-refractivity contribution < 1.29 is 4.74 Å². The number of pyridine rings is 1. The molecule has 90 valence electrons. The summed E-state index contributed by atoms with van der Waals surface area (Å²) in [5.74, 6) is 0.755. The number of methoxy groups -OCH3 is 1. The number of hydrogen-bond acceptors (Lipinski definition) is 3. The van der Waals surface area contributed by atoms with Gasteiger partial charge < -0.3 is 15.5 Å². The van der Waals surface area contributed by atoms with Crippen LogP contribution in [0.3, 0.4) is 0 Å². The number of nitrogens with two attached hydrogens (primary N) is 1. The molecule has 2 aromatic heterocycles. The van der Waals surface area contributed by atoms with E-state index >= 15 is 0 Å². The minimum Gasteiger partial charge on any atom is -0.497 e. The molecular formula is C14H13N3O. The lowest BCUT2D eigenvalue weighted by Gasteiger charge is -2.05. The Hall–Kier alpha value is -2.49. The Labute approximate surface area is 104 Å². The SMILES string of the molecule is COc1ccc(-c2cc3cccnc3[nH]2)c(N)c1. The molecule has 0 radical (unpaired) electrons. The molecule has 1 aromatic carbocycles. The van der Waals surface area contributed by atoms with E-state index in [0.29, 0.717) is 5.69 Å². The number of H-pyrrole nitrogens is 1. The zero-order chi connectivity index (χ0) is 12.5. The molecule has 4 nitrogen and oxygen atoms in total. The Morgan fingerprint density at radius 3 is 2.83 bits per heavy atom. The smallest absolute Gasteiger partial charge is 0.137 e. The van der Waals surface area contributed by atoms with Crippen molar-refractivity contribution in [1.82, 2.24) is 9.97 Å². The zero-order valence-electron chi connectivity index (χ0n) is 9.97. The van der Waals surface area contributed by atoms with Crippen LogP contribution in [-0.4, -0.2) is 17.1 Å². The monoisotopic (exact) mass is 239 g/mol. The number of rotatable bonds is 2. The predicted molar refractivity (Wildman–Crippen MR) is 72.5 cm³/mol. The summed E-state index contributed by atoms with van der Waals surface area (Å²) in [5.41, 5.74) is 9.49. The number of fused-ring (bicyclic) bond motifs is 1. The molecule has 0 aliphatic rings. The van der Waals surface area contributed by atoms with E-state index < -0.39 is 0 Å². The molecular weight excluding hydrogens is 226 g/mol. The van der Waals surface area contributed by atoms with E-state index in [0.717, 1.165) is 28.0 Å². The molecule has 2 heterocycles. The lowest BCUT2D eigenvalue weighted by atomic mass is 10.1. The van der Waals surface area contributed by atoms with Crippen LogP contribution < -0.4 is 10.5 Å². The molecule has 0 fully saturated rings. The minimum absolute atomic E-state index is 0.681. The van der Waals surface area contributed by atoms with Gasteiger partial charge in [-0.1, -0.05) is 0 Å². The number of benzene rings is 1. The summed E-state index contributed by atoms with van der Waals surface area (Å²) >= 11 is 0. The van der Waals surface area contributed by atoms with Gasteiger partial charge in [0.1, 0.15) is 11.4 Å². The van der Waals surface area contributed by atoms with Gasteiger partial charge in [0, 0.05) is 34.6 Å². The second-order valence-corrected chi connectivity index (χ2v) is 4.08. The second kappa shape index (κ2) is 4.07. The molecule has 4 heteroatoms. The first kappa shape index (κ1) is 10.7. The van der Waals surface area contributed by atoms with Crippen molar-refractivity contribution in [2.24, 2.45) is 0 Å². The van der Waals surface area contributed by atoms with Crippen LogP contribution in [0.15, 0.2) is 42.6 Å². The van der Waals surface area contributed by atoms with Gasteiger partial charge in [-0.05, 0) is 30.3 Å². The van der Waals surface area contributed by atoms with Crippen molar-refractivity contribution in [3.63, 3.8) is 0 Å². The highest BCUT2D eigenvalue weighted by molar-refractivity contribution is 5.86. The number of aromatic amines is 1. The molecule has 0 bridgehead atoms. The fraction of sp³-hybridized carbons (Fsp3) is 0.0714. The van der Waals surface area contributed by atoms with Gasteiger partial charge in [-0.25, -0.2) is 4.98 Å². The molecule has 0 aliphatic carbocycles. The molecule has 0 spiro atoms. The van der Waals surface area contributed by atoms with Crippen LogP contribution >= 0.6 is 0 Å². The van der Waals surface area contributed by atoms with Crippen molar-refractivity contribution >= 4 is 16.7 Å². The fourth-order valence-corrected chi connectivity index (χ4v) is 2.02. The highest BCUT2D eigenvalue weighted by Crippen LogP contribution is 2.30. The number of anilines is 1. The first-order valence-corrected chi connectivity index (χ1v) is 5.65. The van der Waals surface area contributed by atoms with E-state index in [1.54, 1.807) is 13.3 Å². The quantitative estimate of drug-likeness (QED) is 0.676. The average molecular weight is 239 g/mol. The number of aromatic nitrogens is 2. The summed E-state index contributed by atoms with van der Waals surface area (Å²) in [6, 6.07) is 11.6. The van der Waals surface area contributed by atoms with Gasteiger partial charge in [0.05, 0.1) is 7.11 Å². The van der Waals surface area contributed by atoms with E-state index in [1.807, 2.05) is 36.4 Å². The lowest BCUT2D eigenvalue weighted by molar-refractivity contribution is 0.415. The van der Waals surface area contributed by atoms with Crippen molar-refractivity contribution in [1.29, 1.82) is 0 Å². The molecule has 0 atom stereocenters.